The molecule has 0 N–H and O–H groups in total. The largest absolute Gasteiger partial charge is 0.379 e. The van der Waals surface area contributed by atoms with Crippen LogP contribution >= 0.6 is 22.6 Å². The van der Waals surface area contributed by atoms with Crippen molar-refractivity contribution in [2.24, 2.45) is 17.3 Å². The smallest absolute Gasteiger partial charge is 0.0853 e. The molecule has 0 saturated heterocycles. The zero-order valence-corrected chi connectivity index (χ0v) is 13.5. The molecular weight excluding hydrogens is 327 g/mol. The molecule has 2 nitrogen and oxygen atoms in total. The summed E-state index contributed by atoms with van der Waals surface area (Å²) in [6.07, 6.45) is 4.15. The van der Waals surface area contributed by atoms with Crippen LogP contribution in [0.5, 0.6) is 0 Å². The maximum absolute atomic E-state index is 6.36. The summed E-state index contributed by atoms with van der Waals surface area (Å²) >= 11 is 2.52. The Balaban J connectivity index is 2.03. The third kappa shape index (κ3) is 2.16. The molecule has 0 heterocycles. The molecule has 2 aliphatic rings. The Kier molecular flexibility index (Phi) is 4.41. The fourth-order valence-electron chi connectivity index (χ4n) is 3.98. The van der Waals surface area contributed by atoms with Gasteiger partial charge in [0.2, 0.25) is 0 Å². The van der Waals surface area contributed by atoms with Gasteiger partial charge in [-0.2, -0.15) is 0 Å². The minimum Gasteiger partial charge on any atom is -0.379 e. The van der Waals surface area contributed by atoms with Gasteiger partial charge in [0.05, 0.1) is 18.8 Å². The van der Waals surface area contributed by atoms with Gasteiger partial charge in [-0.25, -0.2) is 0 Å². The van der Waals surface area contributed by atoms with Crippen molar-refractivity contribution < 1.29 is 9.47 Å². The van der Waals surface area contributed by atoms with Crippen molar-refractivity contribution in [2.45, 2.75) is 45.6 Å². The first-order chi connectivity index (χ1) is 8.08. The predicted molar refractivity (Wildman–Crippen MR) is 78.7 cm³/mol. The molecule has 2 bridgehead atoms. The molecule has 0 spiro atoms. The number of alkyl halides is 1. The average molecular weight is 352 g/mol. The van der Waals surface area contributed by atoms with E-state index in [0.717, 1.165) is 36.1 Å². The van der Waals surface area contributed by atoms with Crippen LogP contribution in [0.2, 0.25) is 0 Å². The Morgan fingerprint density at radius 2 is 1.88 bits per heavy atom. The second-order valence-corrected chi connectivity index (χ2v) is 6.76. The minimum atomic E-state index is 0.105. The number of fused-ring (bicyclic) bond motifs is 2. The van der Waals surface area contributed by atoms with Crippen LogP contribution in [0.25, 0.3) is 0 Å². The van der Waals surface area contributed by atoms with Gasteiger partial charge in [-0.05, 0) is 43.4 Å². The van der Waals surface area contributed by atoms with Crippen LogP contribution in [0.1, 0.15) is 40.0 Å². The lowest BCUT2D eigenvalue weighted by molar-refractivity contribution is -0.145. The van der Waals surface area contributed by atoms with E-state index in [1.807, 2.05) is 6.92 Å². The highest BCUT2D eigenvalue weighted by molar-refractivity contribution is 14.1. The van der Waals surface area contributed by atoms with Crippen LogP contribution in [0, 0.1) is 17.3 Å². The van der Waals surface area contributed by atoms with Gasteiger partial charge in [-0.1, -0.05) is 36.4 Å². The van der Waals surface area contributed by atoms with Gasteiger partial charge in [0, 0.05) is 11.0 Å². The predicted octanol–water partition coefficient (Wildman–Crippen LogP) is 3.67. The van der Waals surface area contributed by atoms with Gasteiger partial charge in [-0.3, -0.25) is 0 Å². The summed E-state index contributed by atoms with van der Waals surface area (Å²) in [5.41, 5.74) is 0.441. The zero-order valence-electron chi connectivity index (χ0n) is 11.3. The van der Waals surface area contributed by atoms with Crippen LogP contribution < -0.4 is 0 Å². The fraction of sp³-hybridized carbons (Fsp3) is 1.00. The van der Waals surface area contributed by atoms with Gasteiger partial charge in [-0.15, -0.1) is 0 Å². The molecule has 0 aromatic carbocycles. The summed E-state index contributed by atoms with van der Waals surface area (Å²) in [5.74, 6) is 1.65. The van der Waals surface area contributed by atoms with E-state index >= 15 is 0 Å². The van der Waals surface area contributed by atoms with E-state index in [2.05, 4.69) is 36.4 Å². The molecule has 2 fully saturated rings. The van der Waals surface area contributed by atoms with E-state index < -0.39 is 0 Å². The maximum atomic E-state index is 6.36. The average Bonchev–Trinajstić information content (AvgIpc) is 2.85. The molecule has 2 saturated carbocycles. The quantitative estimate of drug-likeness (QED) is 0.413. The Morgan fingerprint density at radius 3 is 2.41 bits per heavy atom. The van der Waals surface area contributed by atoms with Crippen molar-refractivity contribution in [2.75, 3.05) is 24.2 Å². The number of ether oxygens (including phenoxy) is 2. The summed E-state index contributed by atoms with van der Waals surface area (Å²) < 4.78 is 12.9. The molecular formula is C14H25IO2. The molecule has 0 aliphatic heterocycles. The van der Waals surface area contributed by atoms with Crippen molar-refractivity contribution in [3.05, 3.63) is 0 Å². The first-order valence-electron chi connectivity index (χ1n) is 6.86. The molecule has 0 aromatic rings. The van der Waals surface area contributed by atoms with Gasteiger partial charge in [0.1, 0.15) is 0 Å². The van der Waals surface area contributed by atoms with Crippen LogP contribution in [0.3, 0.4) is 0 Å². The topological polar surface area (TPSA) is 18.5 Å². The second kappa shape index (κ2) is 5.33. The number of hydrogen-bond acceptors (Lipinski definition) is 2. The van der Waals surface area contributed by atoms with Crippen LogP contribution in [-0.2, 0) is 9.47 Å². The molecule has 3 heteroatoms. The lowest BCUT2D eigenvalue weighted by Crippen LogP contribution is -2.53. The SMILES string of the molecule is CCOCCOC1(CI)C2CCC(C2)C1(C)C. The molecule has 3 unspecified atom stereocenters. The highest BCUT2D eigenvalue weighted by Gasteiger charge is 2.63. The Bertz CT molecular complexity index is 267. The normalized spacial score (nSPS) is 38.8. The standard InChI is InChI=1S/C14H25IO2/c1-4-16-7-8-17-14(10-15)12-6-5-11(9-12)13(14,2)3/h11-12H,4-10H2,1-3H3. The second-order valence-electron chi connectivity index (χ2n) is 6.00. The monoisotopic (exact) mass is 352 g/mol. The van der Waals surface area contributed by atoms with Gasteiger partial charge in [0.15, 0.2) is 0 Å². The lowest BCUT2D eigenvalue weighted by atomic mass is 9.66. The van der Waals surface area contributed by atoms with Crippen molar-refractivity contribution in [3.8, 4) is 0 Å². The fourth-order valence-corrected chi connectivity index (χ4v) is 5.81. The number of hydrogen-bond donors (Lipinski definition) is 0. The van der Waals surface area contributed by atoms with E-state index in [1.54, 1.807) is 0 Å². The highest BCUT2D eigenvalue weighted by Crippen LogP contribution is 2.63. The van der Waals surface area contributed by atoms with Crippen LogP contribution in [0.4, 0.5) is 0 Å². The van der Waals surface area contributed by atoms with Gasteiger partial charge >= 0.3 is 0 Å². The molecule has 2 aliphatic carbocycles. The van der Waals surface area contributed by atoms with E-state index in [1.165, 1.54) is 19.3 Å². The van der Waals surface area contributed by atoms with Gasteiger partial charge in [0.25, 0.3) is 0 Å². The summed E-state index contributed by atoms with van der Waals surface area (Å²) in [4.78, 5) is 0. The minimum absolute atomic E-state index is 0.105. The lowest BCUT2D eigenvalue weighted by Gasteiger charge is -2.48. The number of rotatable bonds is 6. The third-order valence-electron chi connectivity index (χ3n) is 5.19. The first kappa shape index (κ1) is 14.1. The Hall–Kier alpha value is 0.650. The zero-order chi connectivity index (χ0) is 12.5. The summed E-state index contributed by atoms with van der Waals surface area (Å²) in [6, 6.07) is 0. The van der Waals surface area contributed by atoms with E-state index in [0.29, 0.717) is 5.41 Å². The molecule has 3 atom stereocenters. The van der Waals surface area contributed by atoms with Crippen molar-refractivity contribution >= 4 is 22.6 Å². The molecule has 0 amide bonds. The highest BCUT2D eigenvalue weighted by atomic mass is 127. The van der Waals surface area contributed by atoms with Crippen LogP contribution in [0.15, 0.2) is 0 Å². The van der Waals surface area contributed by atoms with Crippen molar-refractivity contribution in [3.63, 3.8) is 0 Å². The molecule has 0 radical (unpaired) electrons. The molecule has 2 rings (SSSR count). The van der Waals surface area contributed by atoms with Crippen molar-refractivity contribution in [1.29, 1.82) is 0 Å². The maximum Gasteiger partial charge on any atom is 0.0853 e. The Morgan fingerprint density at radius 1 is 1.18 bits per heavy atom. The Labute approximate surface area is 119 Å². The molecule has 17 heavy (non-hydrogen) atoms. The summed E-state index contributed by atoms with van der Waals surface area (Å²) in [7, 11) is 0. The van der Waals surface area contributed by atoms with Crippen LogP contribution in [-0.4, -0.2) is 29.8 Å². The summed E-state index contributed by atoms with van der Waals surface area (Å²) in [5, 5.41) is 0. The summed E-state index contributed by atoms with van der Waals surface area (Å²) in [6.45, 7) is 9.14. The van der Waals surface area contributed by atoms with E-state index in [4.69, 9.17) is 9.47 Å². The van der Waals surface area contributed by atoms with E-state index in [9.17, 15) is 0 Å². The molecule has 0 aromatic heterocycles. The third-order valence-corrected chi connectivity index (χ3v) is 6.33. The van der Waals surface area contributed by atoms with Crippen molar-refractivity contribution in [1.82, 2.24) is 0 Å². The molecule has 100 valence electrons. The first-order valence-corrected chi connectivity index (χ1v) is 8.38. The number of halogens is 1. The van der Waals surface area contributed by atoms with Gasteiger partial charge < -0.3 is 9.47 Å². The van der Waals surface area contributed by atoms with E-state index in [-0.39, 0.29) is 5.60 Å².